The smallest absolute Gasteiger partial charge is 0.255 e. The molecule has 6 nitrogen and oxygen atoms in total. The molecule has 0 atom stereocenters. The predicted molar refractivity (Wildman–Crippen MR) is 88.7 cm³/mol. The van der Waals surface area contributed by atoms with Crippen LogP contribution >= 0.6 is 0 Å². The minimum absolute atomic E-state index is 0.180. The molecule has 2 aromatic rings. The normalized spacial score (nSPS) is 11.4. The Morgan fingerprint density at radius 2 is 1.78 bits per heavy atom. The molecule has 1 amide bonds. The zero-order valence-electron chi connectivity index (χ0n) is 13.1. The molecule has 1 N–H and O–H groups in total. The van der Waals surface area contributed by atoms with Crippen molar-refractivity contribution in [3.8, 4) is 0 Å². The van der Waals surface area contributed by atoms with E-state index >= 15 is 0 Å². The number of rotatable bonds is 6. The molecular weight excluding hydrogens is 314 g/mol. The van der Waals surface area contributed by atoms with E-state index in [-0.39, 0.29) is 10.8 Å². The topological polar surface area (TPSA) is 79.4 Å². The van der Waals surface area contributed by atoms with E-state index in [4.69, 9.17) is 0 Å². The van der Waals surface area contributed by atoms with E-state index < -0.39 is 10.0 Å². The molecule has 122 valence electrons. The molecule has 2 rings (SSSR count). The highest BCUT2D eigenvalue weighted by molar-refractivity contribution is 7.89. The van der Waals surface area contributed by atoms with E-state index in [9.17, 15) is 13.2 Å². The first-order chi connectivity index (χ1) is 11.0. The van der Waals surface area contributed by atoms with Crippen molar-refractivity contribution < 1.29 is 13.2 Å². The summed E-state index contributed by atoms with van der Waals surface area (Å²) in [5.41, 5.74) is 0.963. The third kappa shape index (κ3) is 3.94. The highest BCUT2D eigenvalue weighted by atomic mass is 32.2. The summed E-state index contributed by atoms with van der Waals surface area (Å²) in [6.07, 6.45) is 3.15. The van der Waals surface area contributed by atoms with E-state index in [1.165, 1.54) is 34.8 Å². The SMILES string of the molecule is CCN(CC)S(=O)(=O)c1ccc(C(=O)Nc2cccnc2)cc1. The van der Waals surface area contributed by atoms with Gasteiger partial charge in [0, 0.05) is 24.8 Å². The van der Waals surface area contributed by atoms with Crippen LogP contribution in [0, 0.1) is 0 Å². The van der Waals surface area contributed by atoms with Gasteiger partial charge in [-0.15, -0.1) is 0 Å². The summed E-state index contributed by atoms with van der Waals surface area (Å²) in [5, 5.41) is 2.70. The van der Waals surface area contributed by atoms with Gasteiger partial charge < -0.3 is 5.32 Å². The fourth-order valence-electron chi connectivity index (χ4n) is 2.13. The zero-order valence-corrected chi connectivity index (χ0v) is 13.9. The fraction of sp³-hybridized carbons (Fsp3) is 0.250. The lowest BCUT2D eigenvalue weighted by Gasteiger charge is -2.18. The average molecular weight is 333 g/mol. The lowest BCUT2D eigenvalue weighted by atomic mass is 10.2. The first-order valence-corrected chi connectivity index (χ1v) is 8.74. The van der Waals surface area contributed by atoms with Crippen molar-refractivity contribution in [3.63, 3.8) is 0 Å². The number of pyridine rings is 1. The van der Waals surface area contributed by atoms with Gasteiger partial charge in [0.15, 0.2) is 0 Å². The lowest BCUT2D eigenvalue weighted by molar-refractivity contribution is 0.102. The molecule has 0 radical (unpaired) electrons. The number of benzene rings is 1. The first kappa shape index (κ1) is 17.1. The number of carbonyl (C=O) groups is 1. The Balaban J connectivity index is 2.18. The van der Waals surface area contributed by atoms with Crippen molar-refractivity contribution in [3.05, 3.63) is 54.4 Å². The number of nitrogens with one attached hydrogen (secondary N) is 1. The molecule has 1 heterocycles. The predicted octanol–water partition coefficient (Wildman–Crippen LogP) is 2.36. The molecule has 1 aromatic heterocycles. The van der Waals surface area contributed by atoms with E-state index in [1.54, 1.807) is 32.2 Å². The standard InChI is InChI=1S/C16H19N3O3S/c1-3-19(4-2)23(21,22)15-9-7-13(8-10-15)16(20)18-14-6-5-11-17-12-14/h5-12H,3-4H2,1-2H3,(H,18,20). The maximum Gasteiger partial charge on any atom is 0.255 e. The molecule has 0 aliphatic rings. The third-order valence-electron chi connectivity index (χ3n) is 3.38. The largest absolute Gasteiger partial charge is 0.321 e. The van der Waals surface area contributed by atoms with Gasteiger partial charge in [-0.1, -0.05) is 13.8 Å². The highest BCUT2D eigenvalue weighted by Crippen LogP contribution is 2.17. The van der Waals surface area contributed by atoms with E-state index in [0.717, 1.165) is 0 Å². The molecule has 0 spiro atoms. The second kappa shape index (κ2) is 7.34. The molecular formula is C16H19N3O3S. The Labute approximate surface area is 136 Å². The molecule has 0 unspecified atom stereocenters. The second-order valence-corrected chi connectivity index (χ2v) is 6.75. The first-order valence-electron chi connectivity index (χ1n) is 7.30. The monoisotopic (exact) mass is 333 g/mol. The maximum absolute atomic E-state index is 12.4. The minimum Gasteiger partial charge on any atom is -0.321 e. The number of aromatic nitrogens is 1. The molecule has 0 fully saturated rings. The van der Waals surface area contributed by atoms with Crippen LogP contribution in [-0.2, 0) is 10.0 Å². The van der Waals surface area contributed by atoms with Crippen LogP contribution in [0.25, 0.3) is 0 Å². The lowest BCUT2D eigenvalue weighted by Crippen LogP contribution is -2.30. The number of carbonyl (C=O) groups excluding carboxylic acids is 1. The van der Waals surface area contributed by atoms with Crippen LogP contribution < -0.4 is 5.32 Å². The molecule has 7 heteroatoms. The third-order valence-corrected chi connectivity index (χ3v) is 5.44. The Bertz CT molecular complexity index is 755. The summed E-state index contributed by atoms with van der Waals surface area (Å²) in [6.45, 7) is 4.39. The second-order valence-electron chi connectivity index (χ2n) is 4.81. The maximum atomic E-state index is 12.4. The summed E-state index contributed by atoms with van der Waals surface area (Å²) in [6, 6.07) is 9.35. The van der Waals surface area contributed by atoms with Crippen LogP contribution in [0.15, 0.2) is 53.7 Å². The number of hydrogen-bond donors (Lipinski definition) is 1. The van der Waals surface area contributed by atoms with Crippen LogP contribution in [-0.4, -0.2) is 36.7 Å². The summed E-state index contributed by atoms with van der Waals surface area (Å²) < 4.78 is 26.1. The number of anilines is 1. The number of hydrogen-bond acceptors (Lipinski definition) is 4. The van der Waals surface area contributed by atoms with Crippen molar-refractivity contribution in [2.45, 2.75) is 18.7 Å². The van der Waals surface area contributed by atoms with Crippen molar-refractivity contribution >= 4 is 21.6 Å². The summed E-state index contributed by atoms with van der Waals surface area (Å²) in [5.74, 6) is -0.315. The number of sulfonamides is 1. The molecule has 23 heavy (non-hydrogen) atoms. The van der Waals surface area contributed by atoms with E-state index in [2.05, 4.69) is 10.3 Å². The number of amides is 1. The molecule has 0 aliphatic heterocycles. The van der Waals surface area contributed by atoms with Gasteiger partial charge in [0.25, 0.3) is 5.91 Å². The summed E-state index contributed by atoms with van der Waals surface area (Å²) in [4.78, 5) is 16.2. The van der Waals surface area contributed by atoms with Crippen molar-refractivity contribution in [2.24, 2.45) is 0 Å². The minimum atomic E-state index is -3.51. The Morgan fingerprint density at radius 3 is 2.30 bits per heavy atom. The van der Waals surface area contributed by atoms with Crippen LogP contribution in [0.2, 0.25) is 0 Å². The van der Waals surface area contributed by atoms with Gasteiger partial charge in [-0.3, -0.25) is 9.78 Å². The summed E-state index contributed by atoms with van der Waals surface area (Å²) in [7, 11) is -3.51. The van der Waals surface area contributed by atoms with Crippen molar-refractivity contribution in [1.82, 2.24) is 9.29 Å². The quantitative estimate of drug-likeness (QED) is 0.880. The molecule has 0 aliphatic carbocycles. The average Bonchev–Trinajstić information content (AvgIpc) is 2.56. The molecule has 0 bridgehead atoms. The number of nitrogens with zero attached hydrogens (tertiary/aromatic N) is 2. The van der Waals surface area contributed by atoms with Gasteiger partial charge in [0.1, 0.15) is 0 Å². The zero-order chi connectivity index (χ0) is 16.9. The van der Waals surface area contributed by atoms with E-state index in [1.807, 2.05) is 0 Å². The van der Waals surface area contributed by atoms with Gasteiger partial charge in [-0.2, -0.15) is 4.31 Å². The van der Waals surface area contributed by atoms with Gasteiger partial charge in [-0.05, 0) is 36.4 Å². The Hall–Kier alpha value is -2.25. The van der Waals surface area contributed by atoms with Crippen molar-refractivity contribution in [1.29, 1.82) is 0 Å². The molecule has 0 saturated heterocycles. The highest BCUT2D eigenvalue weighted by Gasteiger charge is 2.21. The van der Waals surface area contributed by atoms with Gasteiger partial charge in [0.2, 0.25) is 10.0 Å². The van der Waals surface area contributed by atoms with Crippen LogP contribution in [0.4, 0.5) is 5.69 Å². The van der Waals surface area contributed by atoms with Gasteiger partial charge in [0.05, 0.1) is 16.8 Å². The Kier molecular flexibility index (Phi) is 5.46. The van der Waals surface area contributed by atoms with E-state index in [0.29, 0.717) is 24.3 Å². The van der Waals surface area contributed by atoms with Gasteiger partial charge >= 0.3 is 0 Å². The molecule has 0 saturated carbocycles. The van der Waals surface area contributed by atoms with Gasteiger partial charge in [-0.25, -0.2) is 8.42 Å². The van der Waals surface area contributed by atoms with Crippen molar-refractivity contribution in [2.75, 3.05) is 18.4 Å². The van der Waals surface area contributed by atoms with Crippen LogP contribution in [0.3, 0.4) is 0 Å². The Morgan fingerprint density at radius 1 is 1.13 bits per heavy atom. The van der Waals surface area contributed by atoms with Crippen LogP contribution in [0.1, 0.15) is 24.2 Å². The van der Waals surface area contributed by atoms with Crippen LogP contribution in [0.5, 0.6) is 0 Å². The summed E-state index contributed by atoms with van der Waals surface area (Å²) >= 11 is 0. The molecule has 1 aromatic carbocycles. The fourth-order valence-corrected chi connectivity index (χ4v) is 3.59.